The molecule has 0 bridgehead atoms. The van der Waals surface area contributed by atoms with Gasteiger partial charge in [-0.1, -0.05) is 0 Å². The van der Waals surface area contributed by atoms with E-state index in [-0.39, 0.29) is 0 Å². The molecular weight excluding hydrogens is 436 g/mol. The lowest BCUT2D eigenvalue weighted by atomic mass is 10.1. The molecule has 0 amide bonds. The van der Waals surface area contributed by atoms with Gasteiger partial charge in [0.1, 0.15) is 0 Å². The van der Waals surface area contributed by atoms with Crippen molar-refractivity contribution in [3.63, 3.8) is 0 Å². The van der Waals surface area contributed by atoms with Gasteiger partial charge >= 0.3 is 0 Å². The molecule has 3 rings (SSSR count). The molecule has 1 fully saturated rings. The summed E-state index contributed by atoms with van der Waals surface area (Å²) in [5.41, 5.74) is 6.03. The van der Waals surface area contributed by atoms with Crippen LogP contribution in [0.1, 0.15) is 10.9 Å². The minimum Gasteiger partial charge on any atom is -0.346 e. The second kappa shape index (κ2) is 7.06. The highest BCUT2D eigenvalue weighted by atomic mass is 79.9. The number of hydrogen-bond donors (Lipinski definition) is 1. The minimum absolute atomic E-state index is 0.302. The van der Waals surface area contributed by atoms with Crippen molar-refractivity contribution in [1.82, 2.24) is 9.88 Å². The third-order valence-electron chi connectivity index (χ3n) is 3.66. The van der Waals surface area contributed by atoms with Crippen molar-refractivity contribution >= 4 is 59.7 Å². The van der Waals surface area contributed by atoms with Crippen molar-refractivity contribution in [2.45, 2.75) is 6.04 Å². The summed E-state index contributed by atoms with van der Waals surface area (Å²) in [4.78, 5) is 10.5. The Hall–Kier alpha value is 0.01000. The zero-order valence-electron chi connectivity index (χ0n) is 11.3. The summed E-state index contributed by atoms with van der Waals surface area (Å²) in [7, 11) is 0. The van der Waals surface area contributed by atoms with Gasteiger partial charge < -0.3 is 10.6 Å². The van der Waals surface area contributed by atoms with Crippen molar-refractivity contribution in [1.29, 1.82) is 0 Å². The standard InChI is InChI=1S/C13H16Br2N4S2/c14-9-7-11(21-12(9)15)10(8-16)18-2-4-19(5-3-18)13-17-1-6-20-13/h1,6-7,10H,2-5,8,16H2. The maximum absolute atomic E-state index is 6.03. The number of nitrogens with zero attached hydrogens (tertiary/aromatic N) is 3. The highest BCUT2D eigenvalue weighted by Crippen LogP contribution is 2.37. The van der Waals surface area contributed by atoms with Crippen LogP contribution in [0.2, 0.25) is 0 Å². The van der Waals surface area contributed by atoms with Gasteiger partial charge in [-0.3, -0.25) is 4.90 Å². The zero-order chi connectivity index (χ0) is 14.8. The monoisotopic (exact) mass is 450 g/mol. The molecule has 0 aliphatic carbocycles. The molecule has 0 spiro atoms. The first-order chi connectivity index (χ1) is 10.2. The highest BCUT2D eigenvalue weighted by Gasteiger charge is 2.26. The van der Waals surface area contributed by atoms with E-state index >= 15 is 0 Å². The van der Waals surface area contributed by atoms with Crippen molar-refractivity contribution < 1.29 is 0 Å². The van der Waals surface area contributed by atoms with Gasteiger partial charge in [-0.05, 0) is 37.9 Å². The van der Waals surface area contributed by atoms with Crippen molar-refractivity contribution in [2.24, 2.45) is 5.73 Å². The Morgan fingerprint density at radius 2 is 2.05 bits per heavy atom. The summed E-state index contributed by atoms with van der Waals surface area (Å²) in [6.45, 7) is 4.72. The topological polar surface area (TPSA) is 45.4 Å². The predicted octanol–water partition coefficient (Wildman–Crippen LogP) is 3.55. The molecule has 1 aliphatic rings. The van der Waals surface area contributed by atoms with Gasteiger partial charge in [-0.25, -0.2) is 4.98 Å². The largest absolute Gasteiger partial charge is 0.346 e. The van der Waals surface area contributed by atoms with Gasteiger partial charge in [-0.2, -0.15) is 0 Å². The van der Waals surface area contributed by atoms with E-state index in [2.05, 4.69) is 52.7 Å². The molecule has 114 valence electrons. The first-order valence-corrected chi connectivity index (χ1v) is 10.0. The molecule has 1 aliphatic heterocycles. The van der Waals surface area contributed by atoms with Crippen LogP contribution in [0.5, 0.6) is 0 Å². The van der Waals surface area contributed by atoms with Crippen LogP contribution in [0, 0.1) is 0 Å². The number of hydrogen-bond acceptors (Lipinski definition) is 6. The summed E-state index contributed by atoms with van der Waals surface area (Å²) in [5.74, 6) is 0. The molecule has 0 aromatic carbocycles. The van der Waals surface area contributed by atoms with Crippen molar-refractivity contribution in [3.8, 4) is 0 Å². The molecule has 8 heteroatoms. The molecular formula is C13H16Br2N4S2. The maximum atomic E-state index is 6.03. The fourth-order valence-electron chi connectivity index (χ4n) is 2.57. The van der Waals surface area contributed by atoms with Crippen LogP contribution in [0.3, 0.4) is 0 Å². The van der Waals surface area contributed by atoms with E-state index in [9.17, 15) is 0 Å². The van der Waals surface area contributed by atoms with E-state index in [0.717, 1.165) is 39.6 Å². The third-order valence-corrected chi connectivity index (χ3v) is 7.85. The van der Waals surface area contributed by atoms with Crippen molar-refractivity contribution in [2.75, 3.05) is 37.6 Å². The van der Waals surface area contributed by atoms with Crippen LogP contribution in [0.15, 0.2) is 25.9 Å². The lowest BCUT2D eigenvalue weighted by Gasteiger charge is -2.38. The Labute approximate surface area is 149 Å². The molecule has 0 radical (unpaired) electrons. The van der Waals surface area contributed by atoms with Crippen LogP contribution in [0.25, 0.3) is 0 Å². The fourth-order valence-corrected chi connectivity index (χ4v) is 5.50. The van der Waals surface area contributed by atoms with Crippen LogP contribution < -0.4 is 10.6 Å². The zero-order valence-corrected chi connectivity index (χ0v) is 16.1. The minimum atomic E-state index is 0.302. The van der Waals surface area contributed by atoms with Gasteiger partial charge in [0, 0.05) is 53.7 Å². The second-order valence-electron chi connectivity index (χ2n) is 4.86. The number of rotatable bonds is 4. The first-order valence-electron chi connectivity index (χ1n) is 6.72. The maximum Gasteiger partial charge on any atom is 0.185 e. The Morgan fingerprint density at radius 3 is 2.57 bits per heavy atom. The summed E-state index contributed by atoms with van der Waals surface area (Å²) in [6.07, 6.45) is 1.87. The molecule has 1 saturated heterocycles. The Kier molecular flexibility index (Phi) is 5.34. The van der Waals surface area contributed by atoms with Crippen molar-refractivity contribution in [3.05, 3.63) is 30.8 Å². The first kappa shape index (κ1) is 15.9. The highest BCUT2D eigenvalue weighted by molar-refractivity contribution is 9.13. The Morgan fingerprint density at radius 1 is 1.29 bits per heavy atom. The lowest BCUT2D eigenvalue weighted by molar-refractivity contribution is 0.193. The molecule has 1 atom stereocenters. The summed E-state index contributed by atoms with van der Waals surface area (Å²) < 4.78 is 2.25. The van der Waals surface area contributed by atoms with E-state index in [1.54, 1.807) is 22.7 Å². The van der Waals surface area contributed by atoms with Gasteiger partial charge in [0.05, 0.1) is 9.83 Å². The normalized spacial score (nSPS) is 18.1. The van der Waals surface area contributed by atoms with E-state index < -0.39 is 0 Å². The number of thiazole rings is 1. The van der Waals surface area contributed by atoms with Gasteiger partial charge in [-0.15, -0.1) is 22.7 Å². The molecule has 4 nitrogen and oxygen atoms in total. The third kappa shape index (κ3) is 3.51. The SMILES string of the molecule is NCC(c1cc(Br)c(Br)s1)N1CCN(c2nccs2)CC1. The molecule has 2 aromatic rings. The van der Waals surface area contributed by atoms with E-state index in [0.29, 0.717) is 12.6 Å². The number of thiophene rings is 1. The number of nitrogens with two attached hydrogens (primary N) is 1. The number of halogens is 2. The Bertz CT molecular complexity index is 560. The van der Waals surface area contributed by atoms with Crippen LogP contribution in [-0.2, 0) is 0 Å². The molecule has 2 N–H and O–H groups in total. The number of anilines is 1. The number of piperazine rings is 1. The lowest BCUT2D eigenvalue weighted by Crippen LogP contribution is -2.49. The predicted molar refractivity (Wildman–Crippen MR) is 97.4 cm³/mol. The van der Waals surface area contributed by atoms with Crippen LogP contribution >= 0.6 is 54.5 Å². The average Bonchev–Trinajstić information content (AvgIpc) is 3.12. The van der Waals surface area contributed by atoms with E-state index in [1.165, 1.54) is 4.88 Å². The van der Waals surface area contributed by atoms with E-state index in [1.807, 2.05) is 11.6 Å². The van der Waals surface area contributed by atoms with Gasteiger partial charge in [0.25, 0.3) is 0 Å². The number of aromatic nitrogens is 1. The molecule has 1 unspecified atom stereocenters. The molecule has 3 heterocycles. The summed E-state index contributed by atoms with van der Waals surface area (Å²) in [6, 6.07) is 2.48. The molecule has 2 aromatic heterocycles. The summed E-state index contributed by atoms with van der Waals surface area (Å²) >= 11 is 10.6. The van der Waals surface area contributed by atoms with Gasteiger partial charge in [0.15, 0.2) is 5.13 Å². The second-order valence-corrected chi connectivity index (χ2v) is 8.99. The molecule has 0 saturated carbocycles. The fraction of sp³-hybridized carbons (Fsp3) is 0.462. The Balaban J connectivity index is 1.67. The van der Waals surface area contributed by atoms with Crippen LogP contribution in [0.4, 0.5) is 5.13 Å². The van der Waals surface area contributed by atoms with E-state index in [4.69, 9.17) is 5.73 Å². The average molecular weight is 452 g/mol. The smallest absolute Gasteiger partial charge is 0.185 e. The van der Waals surface area contributed by atoms with Crippen LogP contribution in [-0.4, -0.2) is 42.6 Å². The van der Waals surface area contributed by atoms with Gasteiger partial charge in [0.2, 0.25) is 0 Å². The summed E-state index contributed by atoms with van der Waals surface area (Å²) in [5, 5.41) is 3.16. The quantitative estimate of drug-likeness (QED) is 0.771. The molecule has 21 heavy (non-hydrogen) atoms.